The Morgan fingerprint density at radius 1 is 1.35 bits per heavy atom. The number of carbonyl (C=O) groups is 1. The summed E-state index contributed by atoms with van der Waals surface area (Å²) in [5.74, 6) is 0.731. The molecule has 0 aliphatic carbocycles. The molecule has 0 radical (unpaired) electrons. The summed E-state index contributed by atoms with van der Waals surface area (Å²) in [5.41, 5.74) is 2.20. The van der Waals surface area contributed by atoms with Crippen molar-refractivity contribution in [3.8, 4) is 0 Å². The maximum Gasteiger partial charge on any atom is 0.244 e. The van der Waals surface area contributed by atoms with Gasteiger partial charge in [-0.25, -0.2) is 4.68 Å². The molecule has 0 saturated carbocycles. The highest BCUT2D eigenvalue weighted by Crippen LogP contribution is 2.17. The number of H-pyrrole nitrogens is 1. The summed E-state index contributed by atoms with van der Waals surface area (Å²) in [6.45, 7) is 7.84. The van der Waals surface area contributed by atoms with Gasteiger partial charge in [0.05, 0.1) is 24.9 Å². The molecule has 4 heterocycles. The fourth-order valence-electron chi connectivity index (χ4n) is 3.74. The third-order valence-corrected chi connectivity index (χ3v) is 4.90. The second-order valence-corrected chi connectivity index (χ2v) is 7.14. The second-order valence-electron chi connectivity index (χ2n) is 7.14. The number of morpholine rings is 1. The van der Waals surface area contributed by atoms with Crippen molar-refractivity contribution in [1.29, 1.82) is 0 Å². The normalized spacial score (nSPS) is 23.8. The molecule has 2 aliphatic heterocycles. The lowest BCUT2D eigenvalue weighted by molar-refractivity contribution is -0.133. The molecule has 2 aliphatic rings. The van der Waals surface area contributed by atoms with Crippen molar-refractivity contribution in [3.63, 3.8) is 0 Å². The minimum absolute atomic E-state index is 0.0223. The number of ether oxygens (including phenoxy) is 1. The van der Waals surface area contributed by atoms with Crippen molar-refractivity contribution in [2.45, 2.75) is 52.1 Å². The Morgan fingerprint density at radius 2 is 2.15 bits per heavy atom. The molecular formula is C16H24N8O2. The molecule has 10 heteroatoms. The van der Waals surface area contributed by atoms with E-state index in [1.54, 1.807) is 10.9 Å². The molecule has 2 aromatic rings. The molecule has 4 rings (SSSR count). The SMILES string of the molecule is C[C@@H]1CN(Cc2nnnn2CC(=O)N2CCc3[nH]ncc3C2)C[C@H](C)O1. The number of aromatic amines is 1. The zero-order chi connectivity index (χ0) is 18.1. The Bertz CT molecular complexity index is 762. The van der Waals surface area contributed by atoms with E-state index in [4.69, 9.17) is 4.74 Å². The van der Waals surface area contributed by atoms with E-state index in [1.165, 1.54) is 0 Å². The number of nitrogens with one attached hydrogen (secondary N) is 1. The standard InChI is InChI=1S/C16H24N8O2/c1-11-6-22(7-12(2)26-11)9-15-19-20-21-24(15)10-16(25)23-4-3-14-13(8-23)5-17-18-14/h5,11-12H,3-4,6-10H2,1-2H3,(H,17,18)/t11-,12+. The first kappa shape index (κ1) is 17.1. The molecule has 2 atom stereocenters. The fourth-order valence-corrected chi connectivity index (χ4v) is 3.74. The van der Waals surface area contributed by atoms with E-state index in [9.17, 15) is 4.79 Å². The van der Waals surface area contributed by atoms with E-state index in [0.29, 0.717) is 25.5 Å². The Hall–Kier alpha value is -2.33. The summed E-state index contributed by atoms with van der Waals surface area (Å²) in [6, 6.07) is 0. The molecule has 1 amide bonds. The van der Waals surface area contributed by atoms with Gasteiger partial charge in [-0.15, -0.1) is 5.10 Å². The summed E-state index contributed by atoms with van der Waals surface area (Å²) < 4.78 is 7.37. The molecule has 0 spiro atoms. The largest absolute Gasteiger partial charge is 0.373 e. The Balaban J connectivity index is 1.39. The number of fused-ring (bicyclic) bond motifs is 1. The molecule has 1 fully saturated rings. The molecular weight excluding hydrogens is 336 g/mol. The van der Waals surface area contributed by atoms with E-state index in [2.05, 4.69) is 44.5 Å². The van der Waals surface area contributed by atoms with Gasteiger partial charge in [0.2, 0.25) is 5.91 Å². The van der Waals surface area contributed by atoms with Crippen LogP contribution in [0, 0.1) is 0 Å². The predicted octanol–water partition coefficient (Wildman–Crippen LogP) is -0.410. The highest BCUT2D eigenvalue weighted by Gasteiger charge is 2.26. The fraction of sp³-hybridized carbons (Fsp3) is 0.688. The van der Waals surface area contributed by atoms with Crippen LogP contribution in [-0.2, 0) is 35.6 Å². The lowest BCUT2D eigenvalue weighted by Gasteiger charge is -2.34. The van der Waals surface area contributed by atoms with Crippen LogP contribution in [0.2, 0.25) is 0 Å². The quantitative estimate of drug-likeness (QED) is 0.790. The molecule has 1 N–H and O–H groups in total. The van der Waals surface area contributed by atoms with Gasteiger partial charge in [0.15, 0.2) is 5.82 Å². The number of tetrazole rings is 1. The van der Waals surface area contributed by atoms with Crippen LogP contribution in [0.25, 0.3) is 0 Å². The van der Waals surface area contributed by atoms with Crippen LogP contribution in [0.3, 0.4) is 0 Å². The number of carbonyl (C=O) groups excluding carboxylic acids is 1. The first-order valence-electron chi connectivity index (χ1n) is 9.00. The van der Waals surface area contributed by atoms with Gasteiger partial charge in [-0.2, -0.15) is 5.10 Å². The Kier molecular flexibility index (Phi) is 4.68. The molecule has 1 saturated heterocycles. The minimum atomic E-state index is 0.0223. The number of aromatic nitrogens is 6. The van der Waals surface area contributed by atoms with E-state index in [0.717, 1.165) is 30.8 Å². The van der Waals surface area contributed by atoms with Gasteiger partial charge in [0.1, 0.15) is 6.54 Å². The first-order valence-corrected chi connectivity index (χ1v) is 9.00. The van der Waals surface area contributed by atoms with Crippen molar-refractivity contribution in [3.05, 3.63) is 23.3 Å². The summed E-state index contributed by atoms with van der Waals surface area (Å²) in [4.78, 5) is 16.8. The third-order valence-electron chi connectivity index (χ3n) is 4.90. The monoisotopic (exact) mass is 360 g/mol. The number of rotatable bonds is 4. The average molecular weight is 360 g/mol. The lowest BCUT2D eigenvalue weighted by Crippen LogP contribution is -2.45. The van der Waals surface area contributed by atoms with Gasteiger partial charge < -0.3 is 9.64 Å². The Labute approximate surface area is 151 Å². The van der Waals surface area contributed by atoms with Gasteiger partial charge in [0.25, 0.3) is 0 Å². The average Bonchev–Trinajstić information content (AvgIpc) is 3.22. The first-order chi connectivity index (χ1) is 12.6. The van der Waals surface area contributed by atoms with E-state index in [1.807, 2.05) is 4.90 Å². The van der Waals surface area contributed by atoms with Gasteiger partial charge in [0, 0.05) is 43.9 Å². The van der Waals surface area contributed by atoms with Crippen molar-refractivity contribution in [1.82, 2.24) is 40.2 Å². The van der Waals surface area contributed by atoms with E-state index in [-0.39, 0.29) is 24.7 Å². The maximum absolute atomic E-state index is 12.7. The van der Waals surface area contributed by atoms with Gasteiger partial charge >= 0.3 is 0 Å². The van der Waals surface area contributed by atoms with Crippen LogP contribution >= 0.6 is 0 Å². The van der Waals surface area contributed by atoms with Crippen LogP contribution < -0.4 is 0 Å². The number of hydrogen-bond donors (Lipinski definition) is 1. The summed E-state index contributed by atoms with van der Waals surface area (Å²) in [7, 11) is 0. The zero-order valence-electron chi connectivity index (χ0n) is 15.1. The van der Waals surface area contributed by atoms with Gasteiger partial charge in [-0.05, 0) is 24.3 Å². The highest BCUT2D eigenvalue weighted by atomic mass is 16.5. The number of amides is 1. The topological polar surface area (TPSA) is 105 Å². The van der Waals surface area contributed by atoms with Crippen molar-refractivity contribution in [2.75, 3.05) is 19.6 Å². The lowest BCUT2D eigenvalue weighted by atomic mass is 10.1. The van der Waals surface area contributed by atoms with Crippen LogP contribution in [0.15, 0.2) is 6.20 Å². The van der Waals surface area contributed by atoms with Crippen molar-refractivity contribution >= 4 is 5.91 Å². The van der Waals surface area contributed by atoms with Crippen LogP contribution in [0.5, 0.6) is 0 Å². The van der Waals surface area contributed by atoms with Gasteiger partial charge in [-0.1, -0.05) is 0 Å². The molecule has 0 aromatic carbocycles. The number of hydrogen-bond acceptors (Lipinski definition) is 7. The molecule has 0 unspecified atom stereocenters. The predicted molar refractivity (Wildman–Crippen MR) is 90.8 cm³/mol. The summed E-state index contributed by atoms with van der Waals surface area (Å²) in [5, 5.41) is 18.9. The molecule has 2 aromatic heterocycles. The Morgan fingerprint density at radius 3 is 2.96 bits per heavy atom. The smallest absolute Gasteiger partial charge is 0.244 e. The molecule has 26 heavy (non-hydrogen) atoms. The van der Waals surface area contributed by atoms with Crippen molar-refractivity contribution in [2.24, 2.45) is 0 Å². The number of nitrogens with zero attached hydrogens (tertiary/aromatic N) is 7. The van der Waals surface area contributed by atoms with Crippen molar-refractivity contribution < 1.29 is 9.53 Å². The third kappa shape index (κ3) is 3.61. The molecule has 0 bridgehead atoms. The minimum Gasteiger partial charge on any atom is -0.373 e. The van der Waals surface area contributed by atoms with Crippen LogP contribution in [0.1, 0.15) is 30.9 Å². The zero-order valence-corrected chi connectivity index (χ0v) is 15.1. The van der Waals surface area contributed by atoms with E-state index < -0.39 is 0 Å². The molecule has 10 nitrogen and oxygen atoms in total. The van der Waals surface area contributed by atoms with Gasteiger partial charge in [-0.3, -0.25) is 14.8 Å². The van der Waals surface area contributed by atoms with Crippen LogP contribution in [0.4, 0.5) is 0 Å². The highest BCUT2D eigenvalue weighted by molar-refractivity contribution is 5.76. The summed E-state index contributed by atoms with van der Waals surface area (Å²) in [6.07, 6.45) is 2.95. The second kappa shape index (κ2) is 7.12. The maximum atomic E-state index is 12.7. The summed E-state index contributed by atoms with van der Waals surface area (Å²) >= 11 is 0. The van der Waals surface area contributed by atoms with Crippen LogP contribution in [-0.4, -0.2) is 78.0 Å². The van der Waals surface area contributed by atoms with E-state index >= 15 is 0 Å². The molecule has 140 valence electrons.